The number of amides is 1. The van der Waals surface area contributed by atoms with Gasteiger partial charge in [0.1, 0.15) is 12.3 Å². The Morgan fingerprint density at radius 1 is 1.17 bits per heavy atom. The summed E-state index contributed by atoms with van der Waals surface area (Å²) in [6.07, 6.45) is 0. The number of nitrogens with two attached hydrogens (primary N) is 1. The lowest BCUT2D eigenvalue weighted by molar-refractivity contribution is -0.118. The van der Waals surface area contributed by atoms with Crippen molar-refractivity contribution in [3.8, 4) is 11.4 Å². The second-order valence-electron chi connectivity index (χ2n) is 6.80. The van der Waals surface area contributed by atoms with E-state index in [1.807, 2.05) is 42.7 Å². The Morgan fingerprint density at radius 3 is 2.52 bits per heavy atom. The smallest absolute Gasteiger partial charge is 0.332 e. The first-order chi connectivity index (χ1) is 13.8. The highest BCUT2D eigenvalue weighted by atomic mass is 16.5. The summed E-state index contributed by atoms with van der Waals surface area (Å²) in [6, 6.07) is 7.45. The minimum Gasteiger partial charge on any atom is -0.495 e. The maximum Gasteiger partial charge on any atom is 0.332 e. The van der Waals surface area contributed by atoms with Crippen molar-refractivity contribution in [1.82, 2.24) is 23.1 Å². The van der Waals surface area contributed by atoms with Crippen LogP contribution in [0.25, 0.3) is 22.6 Å². The Morgan fingerprint density at radius 2 is 1.86 bits per heavy atom. The average molecular weight is 396 g/mol. The molecule has 0 saturated carbocycles. The summed E-state index contributed by atoms with van der Waals surface area (Å²) in [4.78, 5) is 41.6. The molecule has 3 heterocycles. The minimum absolute atomic E-state index is 0.206. The van der Waals surface area contributed by atoms with E-state index in [1.54, 1.807) is 11.5 Å². The summed E-state index contributed by atoms with van der Waals surface area (Å²) >= 11 is 0. The highest BCUT2D eigenvalue weighted by Gasteiger charge is 2.24. The number of para-hydroxylation sites is 2. The van der Waals surface area contributed by atoms with E-state index < -0.39 is 23.7 Å². The lowest BCUT2D eigenvalue weighted by Crippen LogP contribution is -2.42. The zero-order valence-electron chi connectivity index (χ0n) is 16.5. The third kappa shape index (κ3) is 2.49. The third-order valence-electron chi connectivity index (χ3n) is 5.16. The monoisotopic (exact) mass is 396 g/mol. The molecule has 0 fully saturated rings. The molecule has 0 saturated heterocycles. The number of carbonyl (C=O) groups is 1. The average Bonchev–Trinajstić information content (AvgIpc) is 3.19. The molecule has 4 aromatic rings. The fraction of sp³-hybridized carbons (Fsp3) is 0.263. The van der Waals surface area contributed by atoms with Crippen LogP contribution in [0.4, 0.5) is 0 Å². The third-order valence-corrected chi connectivity index (χ3v) is 5.16. The molecule has 10 heteroatoms. The molecule has 0 spiro atoms. The number of aryl methyl sites for hydroxylation is 2. The molecule has 10 nitrogen and oxygen atoms in total. The van der Waals surface area contributed by atoms with E-state index in [9.17, 15) is 14.4 Å². The van der Waals surface area contributed by atoms with Gasteiger partial charge in [-0.1, -0.05) is 12.1 Å². The van der Waals surface area contributed by atoms with Gasteiger partial charge in [-0.05, 0) is 26.0 Å². The van der Waals surface area contributed by atoms with Gasteiger partial charge >= 0.3 is 5.69 Å². The predicted octanol–water partition coefficient (Wildman–Crippen LogP) is 0.249. The van der Waals surface area contributed by atoms with Gasteiger partial charge in [-0.25, -0.2) is 9.36 Å². The van der Waals surface area contributed by atoms with E-state index in [0.717, 1.165) is 21.6 Å². The fourth-order valence-electron chi connectivity index (χ4n) is 3.65. The number of methoxy groups -OCH3 is 1. The summed E-state index contributed by atoms with van der Waals surface area (Å²) in [5.74, 6) is 0.326. The summed E-state index contributed by atoms with van der Waals surface area (Å²) < 4.78 is 11.1. The highest BCUT2D eigenvalue weighted by molar-refractivity contribution is 5.78. The molecule has 0 atom stereocenters. The van der Waals surface area contributed by atoms with E-state index >= 15 is 0 Å². The Labute approximate surface area is 164 Å². The number of primary amides is 1. The lowest BCUT2D eigenvalue weighted by atomic mass is 10.2. The standard InChI is InChI=1S/C19H20N6O4/c1-10-11(2)25-15-16(22(3)19(28)23(17(15)27)9-14(20)26)21-18(25)24(10)12-7-5-6-8-13(12)29-4/h5-8H,9H2,1-4H3,(H2,20,26). The number of ether oxygens (including phenoxy) is 1. The molecule has 0 radical (unpaired) electrons. The SMILES string of the molecule is COc1ccccc1-n1c(C)c(C)n2c3c(=O)n(CC(N)=O)c(=O)n(C)c3nc12. The summed E-state index contributed by atoms with van der Waals surface area (Å²) in [7, 11) is 3.08. The van der Waals surface area contributed by atoms with Gasteiger partial charge in [0.25, 0.3) is 5.56 Å². The van der Waals surface area contributed by atoms with E-state index in [1.165, 1.54) is 11.6 Å². The molecule has 0 aliphatic rings. The van der Waals surface area contributed by atoms with Gasteiger partial charge in [0, 0.05) is 18.4 Å². The van der Waals surface area contributed by atoms with Gasteiger partial charge in [-0.3, -0.25) is 23.1 Å². The molecular weight excluding hydrogens is 376 g/mol. The molecule has 29 heavy (non-hydrogen) atoms. The number of hydrogen-bond acceptors (Lipinski definition) is 5. The van der Waals surface area contributed by atoms with Crippen molar-refractivity contribution in [2.45, 2.75) is 20.4 Å². The number of rotatable bonds is 4. The van der Waals surface area contributed by atoms with Crippen molar-refractivity contribution in [3.05, 3.63) is 56.5 Å². The molecule has 2 N–H and O–H groups in total. The van der Waals surface area contributed by atoms with E-state index in [-0.39, 0.29) is 11.2 Å². The highest BCUT2D eigenvalue weighted by Crippen LogP contribution is 2.29. The summed E-state index contributed by atoms with van der Waals surface area (Å²) in [5.41, 5.74) is 6.77. The molecule has 0 aliphatic heterocycles. The van der Waals surface area contributed by atoms with Crippen LogP contribution in [-0.4, -0.2) is 36.1 Å². The van der Waals surface area contributed by atoms with E-state index in [2.05, 4.69) is 4.98 Å². The molecular formula is C19H20N6O4. The van der Waals surface area contributed by atoms with Crippen LogP contribution in [0.2, 0.25) is 0 Å². The van der Waals surface area contributed by atoms with Gasteiger partial charge in [0.2, 0.25) is 11.7 Å². The Hall–Kier alpha value is -3.82. The first-order valence-electron chi connectivity index (χ1n) is 8.89. The van der Waals surface area contributed by atoms with Crippen LogP contribution in [0.1, 0.15) is 11.4 Å². The maximum absolute atomic E-state index is 13.1. The zero-order valence-corrected chi connectivity index (χ0v) is 16.5. The van der Waals surface area contributed by atoms with Gasteiger partial charge < -0.3 is 10.5 Å². The van der Waals surface area contributed by atoms with Crippen molar-refractivity contribution in [1.29, 1.82) is 0 Å². The lowest BCUT2D eigenvalue weighted by Gasteiger charge is -2.11. The second-order valence-corrected chi connectivity index (χ2v) is 6.80. The molecule has 0 aliphatic carbocycles. The van der Waals surface area contributed by atoms with Crippen molar-refractivity contribution < 1.29 is 9.53 Å². The van der Waals surface area contributed by atoms with Crippen molar-refractivity contribution in [3.63, 3.8) is 0 Å². The first-order valence-corrected chi connectivity index (χ1v) is 8.89. The fourth-order valence-corrected chi connectivity index (χ4v) is 3.65. The number of imidazole rings is 2. The van der Waals surface area contributed by atoms with E-state index in [4.69, 9.17) is 10.5 Å². The maximum atomic E-state index is 13.1. The molecule has 1 amide bonds. The quantitative estimate of drug-likeness (QED) is 0.530. The van der Waals surface area contributed by atoms with Gasteiger partial charge in [0.05, 0.1) is 12.8 Å². The van der Waals surface area contributed by atoms with Crippen LogP contribution in [0.15, 0.2) is 33.9 Å². The summed E-state index contributed by atoms with van der Waals surface area (Å²) in [6.45, 7) is 3.27. The topological polar surface area (TPSA) is 119 Å². The van der Waals surface area contributed by atoms with Gasteiger partial charge in [-0.15, -0.1) is 0 Å². The molecule has 0 bridgehead atoms. The Balaban J connectivity index is 2.20. The van der Waals surface area contributed by atoms with Crippen LogP contribution in [0.3, 0.4) is 0 Å². The number of aromatic nitrogens is 5. The second kappa shape index (κ2) is 6.36. The van der Waals surface area contributed by atoms with Crippen molar-refractivity contribution >= 4 is 22.8 Å². The zero-order chi connectivity index (χ0) is 21.0. The molecule has 150 valence electrons. The largest absolute Gasteiger partial charge is 0.495 e. The Kier molecular flexibility index (Phi) is 4.07. The van der Waals surface area contributed by atoms with Gasteiger partial charge in [-0.2, -0.15) is 4.98 Å². The number of fused-ring (bicyclic) bond motifs is 3. The summed E-state index contributed by atoms with van der Waals surface area (Å²) in [5, 5.41) is 0. The predicted molar refractivity (Wildman–Crippen MR) is 107 cm³/mol. The van der Waals surface area contributed by atoms with E-state index in [0.29, 0.717) is 11.5 Å². The van der Waals surface area contributed by atoms with Crippen LogP contribution in [-0.2, 0) is 18.4 Å². The van der Waals surface area contributed by atoms with Crippen molar-refractivity contribution in [2.75, 3.05) is 7.11 Å². The normalized spacial score (nSPS) is 11.4. The van der Waals surface area contributed by atoms with Crippen LogP contribution in [0.5, 0.6) is 5.75 Å². The molecule has 3 aromatic heterocycles. The number of carbonyl (C=O) groups excluding carboxylic acids is 1. The number of benzene rings is 1. The Bertz CT molecular complexity index is 1420. The molecule has 1 aromatic carbocycles. The molecule has 0 unspecified atom stereocenters. The number of hydrogen-bond donors (Lipinski definition) is 1. The van der Waals surface area contributed by atoms with Gasteiger partial charge in [0.15, 0.2) is 11.2 Å². The van der Waals surface area contributed by atoms with Crippen LogP contribution < -0.4 is 21.7 Å². The van der Waals surface area contributed by atoms with Crippen LogP contribution >= 0.6 is 0 Å². The minimum atomic E-state index is -0.774. The first kappa shape index (κ1) is 18.5. The number of nitrogens with zero attached hydrogens (tertiary/aromatic N) is 5. The van der Waals surface area contributed by atoms with Crippen LogP contribution in [0, 0.1) is 13.8 Å². The van der Waals surface area contributed by atoms with Crippen molar-refractivity contribution in [2.24, 2.45) is 12.8 Å². The molecule has 4 rings (SSSR count).